The average molecular weight is 244 g/mol. The predicted molar refractivity (Wildman–Crippen MR) is 72.1 cm³/mol. The lowest BCUT2D eigenvalue weighted by molar-refractivity contribution is 0.808. The summed E-state index contributed by atoms with van der Waals surface area (Å²) in [6.07, 6.45) is 1.81. The summed E-state index contributed by atoms with van der Waals surface area (Å²) in [4.78, 5) is 5.55. The smallest absolute Gasteiger partial charge is 0.101 e. The lowest BCUT2D eigenvalue weighted by Crippen LogP contribution is -2.04. The van der Waals surface area contributed by atoms with Crippen molar-refractivity contribution in [1.82, 2.24) is 4.98 Å². The van der Waals surface area contributed by atoms with Crippen LogP contribution in [0.15, 0.2) is 52.5 Å². The fraction of sp³-hybridized carbons (Fsp3) is 0.214. The second kappa shape index (κ2) is 5.34. The zero-order chi connectivity index (χ0) is 12.3. The average Bonchev–Trinajstić information content (AvgIpc) is 2.32. The van der Waals surface area contributed by atoms with Crippen LogP contribution in [0.4, 0.5) is 0 Å². The molecule has 2 nitrogen and oxygen atoms in total. The van der Waals surface area contributed by atoms with E-state index in [0.29, 0.717) is 0 Å². The zero-order valence-corrected chi connectivity index (χ0v) is 10.9. The van der Waals surface area contributed by atoms with Gasteiger partial charge in [0, 0.05) is 17.1 Å². The van der Waals surface area contributed by atoms with Crippen molar-refractivity contribution >= 4 is 11.8 Å². The Morgan fingerprint density at radius 2 is 1.88 bits per heavy atom. The molecule has 0 saturated heterocycles. The summed E-state index contributed by atoms with van der Waals surface area (Å²) in [6, 6.07) is 12.5. The lowest BCUT2D eigenvalue weighted by Gasteiger charge is -2.07. The Morgan fingerprint density at radius 3 is 2.53 bits per heavy atom. The molecule has 2 aromatic rings. The number of rotatable bonds is 3. The molecule has 0 spiro atoms. The van der Waals surface area contributed by atoms with Crippen molar-refractivity contribution in [2.75, 3.05) is 0 Å². The maximum atomic E-state index is 5.86. The van der Waals surface area contributed by atoms with E-state index in [1.165, 1.54) is 10.5 Å². The molecule has 1 aromatic heterocycles. The molecule has 3 heteroatoms. The van der Waals surface area contributed by atoms with Gasteiger partial charge in [0.15, 0.2) is 0 Å². The predicted octanol–water partition coefficient (Wildman–Crippen LogP) is 3.56. The van der Waals surface area contributed by atoms with Gasteiger partial charge in [-0.3, -0.25) is 0 Å². The van der Waals surface area contributed by atoms with Gasteiger partial charge in [0.05, 0.1) is 0 Å². The summed E-state index contributed by atoms with van der Waals surface area (Å²) in [7, 11) is 0. The van der Waals surface area contributed by atoms with Crippen LogP contribution in [0, 0.1) is 6.92 Å². The van der Waals surface area contributed by atoms with Gasteiger partial charge >= 0.3 is 0 Å². The summed E-state index contributed by atoms with van der Waals surface area (Å²) < 4.78 is 0. The van der Waals surface area contributed by atoms with E-state index in [2.05, 4.69) is 42.2 Å². The van der Waals surface area contributed by atoms with Gasteiger partial charge in [-0.25, -0.2) is 4.98 Å². The third-order valence-electron chi connectivity index (χ3n) is 2.53. The molecule has 0 aliphatic carbocycles. The molecule has 1 heterocycles. The maximum Gasteiger partial charge on any atom is 0.101 e. The Hall–Kier alpha value is -1.32. The van der Waals surface area contributed by atoms with Crippen LogP contribution in [0.1, 0.15) is 24.1 Å². The van der Waals surface area contributed by atoms with Gasteiger partial charge in [-0.15, -0.1) is 0 Å². The Labute approximate surface area is 106 Å². The minimum atomic E-state index is 0.0513. The first-order chi connectivity index (χ1) is 8.15. The standard InChI is InChI=1S/C14H16N2S/c1-10-3-5-13(6-4-10)17-14-9-12(11(2)15)7-8-16-14/h3-9,11H,15H2,1-2H3/t11-/m0/s1. The molecule has 0 aliphatic heterocycles. The van der Waals surface area contributed by atoms with Gasteiger partial charge in [-0.2, -0.15) is 0 Å². The monoisotopic (exact) mass is 244 g/mol. The molecule has 0 unspecified atom stereocenters. The Morgan fingerprint density at radius 1 is 1.18 bits per heavy atom. The van der Waals surface area contributed by atoms with Crippen molar-refractivity contribution in [2.24, 2.45) is 5.73 Å². The second-order valence-corrected chi connectivity index (χ2v) is 5.23. The first-order valence-corrected chi connectivity index (χ1v) is 6.43. The molecule has 0 amide bonds. The van der Waals surface area contributed by atoms with Crippen LogP contribution in [0.3, 0.4) is 0 Å². The summed E-state index contributed by atoms with van der Waals surface area (Å²) >= 11 is 1.66. The number of hydrogen-bond donors (Lipinski definition) is 1. The molecule has 2 N–H and O–H groups in total. The third kappa shape index (κ3) is 3.32. The van der Waals surface area contributed by atoms with E-state index in [4.69, 9.17) is 5.73 Å². The highest BCUT2D eigenvalue weighted by molar-refractivity contribution is 7.99. The van der Waals surface area contributed by atoms with E-state index in [-0.39, 0.29) is 6.04 Å². The first kappa shape index (κ1) is 12.1. The van der Waals surface area contributed by atoms with Gasteiger partial charge < -0.3 is 5.73 Å². The molecule has 1 atom stereocenters. The van der Waals surface area contributed by atoms with E-state index in [9.17, 15) is 0 Å². The van der Waals surface area contributed by atoms with Gasteiger partial charge in [0.25, 0.3) is 0 Å². The first-order valence-electron chi connectivity index (χ1n) is 5.61. The Balaban J connectivity index is 2.18. The molecule has 17 heavy (non-hydrogen) atoms. The largest absolute Gasteiger partial charge is 0.324 e. The van der Waals surface area contributed by atoms with Gasteiger partial charge in [-0.05, 0) is 43.7 Å². The van der Waals surface area contributed by atoms with Gasteiger partial charge in [0.1, 0.15) is 5.03 Å². The van der Waals surface area contributed by atoms with Crippen LogP contribution in [0.5, 0.6) is 0 Å². The number of hydrogen-bond acceptors (Lipinski definition) is 3. The SMILES string of the molecule is Cc1ccc(Sc2cc([C@H](C)N)ccn2)cc1. The van der Waals surface area contributed by atoms with Crippen molar-refractivity contribution in [1.29, 1.82) is 0 Å². The molecular formula is C14H16N2S. The lowest BCUT2D eigenvalue weighted by atomic mass is 10.1. The van der Waals surface area contributed by atoms with Crippen molar-refractivity contribution < 1.29 is 0 Å². The van der Waals surface area contributed by atoms with Crippen molar-refractivity contribution in [3.8, 4) is 0 Å². The molecule has 2 rings (SSSR count). The van der Waals surface area contributed by atoms with E-state index < -0.39 is 0 Å². The summed E-state index contributed by atoms with van der Waals surface area (Å²) in [5.74, 6) is 0. The van der Waals surface area contributed by atoms with E-state index in [1.54, 1.807) is 11.8 Å². The van der Waals surface area contributed by atoms with Crippen molar-refractivity contribution in [2.45, 2.75) is 29.8 Å². The van der Waals surface area contributed by atoms with Crippen LogP contribution in [0.2, 0.25) is 0 Å². The Bertz CT molecular complexity index is 492. The maximum absolute atomic E-state index is 5.86. The van der Waals surface area contributed by atoms with Crippen LogP contribution in [0.25, 0.3) is 0 Å². The summed E-state index contributed by atoms with van der Waals surface area (Å²) in [5.41, 5.74) is 8.25. The fourth-order valence-electron chi connectivity index (χ4n) is 1.49. The van der Waals surface area contributed by atoms with Crippen LogP contribution >= 0.6 is 11.8 Å². The summed E-state index contributed by atoms with van der Waals surface area (Å²) in [5, 5.41) is 0.989. The molecule has 1 aromatic carbocycles. The quantitative estimate of drug-likeness (QED) is 0.897. The molecular weight excluding hydrogens is 228 g/mol. The Kier molecular flexibility index (Phi) is 3.82. The number of nitrogens with two attached hydrogens (primary N) is 1. The number of pyridine rings is 1. The normalized spacial score (nSPS) is 12.4. The van der Waals surface area contributed by atoms with E-state index in [0.717, 1.165) is 10.6 Å². The van der Waals surface area contributed by atoms with E-state index in [1.807, 2.05) is 19.2 Å². The fourth-order valence-corrected chi connectivity index (χ4v) is 2.31. The highest BCUT2D eigenvalue weighted by atomic mass is 32.2. The van der Waals surface area contributed by atoms with Crippen LogP contribution in [-0.4, -0.2) is 4.98 Å². The van der Waals surface area contributed by atoms with E-state index >= 15 is 0 Å². The minimum absolute atomic E-state index is 0.0513. The van der Waals surface area contributed by atoms with Crippen LogP contribution in [-0.2, 0) is 0 Å². The molecule has 88 valence electrons. The molecule has 0 fully saturated rings. The topological polar surface area (TPSA) is 38.9 Å². The number of aromatic nitrogens is 1. The minimum Gasteiger partial charge on any atom is -0.324 e. The van der Waals surface area contributed by atoms with Crippen molar-refractivity contribution in [3.63, 3.8) is 0 Å². The molecule has 0 bridgehead atoms. The third-order valence-corrected chi connectivity index (χ3v) is 3.47. The number of nitrogens with zero attached hydrogens (tertiary/aromatic N) is 1. The number of aryl methyl sites for hydroxylation is 1. The highest BCUT2D eigenvalue weighted by Crippen LogP contribution is 2.27. The molecule has 0 saturated carbocycles. The summed E-state index contributed by atoms with van der Waals surface area (Å²) in [6.45, 7) is 4.07. The highest BCUT2D eigenvalue weighted by Gasteiger charge is 2.03. The van der Waals surface area contributed by atoms with Crippen molar-refractivity contribution in [3.05, 3.63) is 53.7 Å². The van der Waals surface area contributed by atoms with Crippen LogP contribution < -0.4 is 5.73 Å². The number of benzene rings is 1. The second-order valence-electron chi connectivity index (χ2n) is 4.13. The zero-order valence-electron chi connectivity index (χ0n) is 10.1. The van der Waals surface area contributed by atoms with Gasteiger partial charge in [0.2, 0.25) is 0 Å². The van der Waals surface area contributed by atoms with Gasteiger partial charge in [-0.1, -0.05) is 29.5 Å². The molecule has 0 aliphatic rings. The molecule has 0 radical (unpaired) electrons.